The number of likely N-dealkylation sites (tertiary alicyclic amines) is 1. The number of hydrogen-bond donors (Lipinski definition) is 2. The van der Waals surface area contributed by atoms with Gasteiger partial charge in [-0.3, -0.25) is 0 Å². The molecule has 0 spiro atoms. The van der Waals surface area contributed by atoms with E-state index in [0.29, 0.717) is 16.2 Å². The van der Waals surface area contributed by atoms with E-state index in [9.17, 15) is 31.1 Å². The molecule has 0 aliphatic carbocycles. The third-order valence-electron chi connectivity index (χ3n) is 5.37. The standard InChI is InChI=1S/C18H22F6N2O3/c1-16(25-9-11-3-5-12(29-2)6-4-11)7-8-26(15(27)28)10-13(16)14(17(19,20)21)18(22,23)24/h3-6,13-14,25H,7-10H2,1-2H3,(H,27,28). The Morgan fingerprint density at radius 3 is 2.24 bits per heavy atom. The highest BCUT2D eigenvalue weighted by molar-refractivity contribution is 5.65. The lowest BCUT2D eigenvalue weighted by molar-refractivity contribution is -0.307. The number of carboxylic acid groups (broad SMARTS) is 1. The summed E-state index contributed by atoms with van der Waals surface area (Å²) in [5.41, 5.74) is -0.941. The summed E-state index contributed by atoms with van der Waals surface area (Å²) in [5.74, 6) is -5.13. The van der Waals surface area contributed by atoms with E-state index in [1.54, 1.807) is 24.3 Å². The zero-order valence-corrected chi connectivity index (χ0v) is 15.8. The summed E-state index contributed by atoms with van der Waals surface area (Å²) < 4.78 is 85.4. The van der Waals surface area contributed by atoms with Crippen LogP contribution < -0.4 is 10.1 Å². The lowest BCUT2D eigenvalue weighted by Gasteiger charge is -2.49. The second-order valence-corrected chi connectivity index (χ2v) is 7.27. The SMILES string of the molecule is COc1ccc(CNC2(C)CCN(C(=O)O)CC2C(C(F)(F)F)C(F)(F)F)cc1. The Morgan fingerprint density at radius 2 is 1.79 bits per heavy atom. The molecule has 1 fully saturated rings. The van der Waals surface area contributed by atoms with Gasteiger partial charge in [-0.25, -0.2) is 4.79 Å². The summed E-state index contributed by atoms with van der Waals surface area (Å²) in [6.45, 7) is 0.267. The predicted molar refractivity (Wildman–Crippen MR) is 91.5 cm³/mol. The molecule has 1 amide bonds. The summed E-state index contributed by atoms with van der Waals surface area (Å²) in [7, 11) is 1.46. The first-order chi connectivity index (χ1) is 13.3. The van der Waals surface area contributed by atoms with E-state index in [1.807, 2.05) is 0 Å². The molecular formula is C18H22F6N2O3. The predicted octanol–water partition coefficient (Wildman–Crippen LogP) is 4.28. The van der Waals surface area contributed by atoms with E-state index in [4.69, 9.17) is 9.84 Å². The van der Waals surface area contributed by atoms with Gasteiger partial charge in [0, 0.05) is 31.1 Å². The Bertz CT molecular complexity index is 693. The normalized spacial score (nSPS) is 23.3. The molecule has 2 rings (SSSR count). The number of ether oxygens (including phenoxy) is 1. The lowest BCUT2D eigenvalue weighted by atomic mass is 9.71. The van der Waals surface area contributed by atoms with Crippen LogP contribution in [0.25, 0.3) is 0 Å². The van der Waals surface area contributed by atoms with Crippen LogP contribution in [-0.2, 0) is 6.54 Å². The number of benzene rings is 1. The first-order valence-electron chi connectivity index (χ1n) is 8.77. The topological polar surface area (TPSA) is 61.8 Å². The first-order valence-corrected chi connectivity index (χ1v) is 8.77. The second-order valence-electron chi connectivity index (χ2n) is 7.27. The summed E-state index contributed by atoms with van der Waals surface area (Å²) in [5, 5.41) is 11.9. The average Bonchev–Trinajstić information content (AvgIpc) is 2.60. The van der Waals surface area contributed by atoms with Crippen LogP contribution >= 0.6 is 0 Å². The average molecular weight is 428 g/mol. The third kappa shape index (κ3) is 5.46. The molecule has 29 heavy (non-hydrogen) atoms. The van der Waals surface area contributed by atoms with Gasteiger partial charge in [-0.1, -0.05) is 12.1 Å². The number of nitrogens with zero attached hydrogens (tertiary/aromatic N) is 1. The largest absolute Gasteiger partial charge is 0.497 e. The molecule has 1 aliphatic rings. The van der Waals surface area contributed by atoms with Crippen LogP contribution in [-0.4, -0.2) is 54.2 Å². The number of hydrogen-bond acceptors (Lipinski definition) is 3. The molecule has 0 saturated carbocycles. The number of methoxy groups -OCH3 is 1. The fourth-order valence-electron chi connectivity index (χ4n) is 3.64. The van der Waals surface area contributed by atoms with Gasteiger partial charge in [0.25, 0.3) is 0 Å². The summed E-state index contributed by atoms with van der Waals surface area (Å²) >= 11 is 0. The zero-order valence-electron chi connectivity index (χ0n) is 15.8. The third-order valence-corrected chi connectivity index (χ3v) is 5.37. The lowest BCUT2D eigenvalue weighted by Crippen LogP contribution is -2.64. The van der Waals surface area contributed by atoms with Crippen molar-refractivity contribution >= 4 is 6.09 Å². The van der Waals surface area contributed by atoms with Gasteiger partial charge in [0.1, 0.15) is 5.75 Å². The van der Waals surface area contributed by atoms with Crippen LogP contribution in [0, 0.1) is 11.8 Å². The van der Waals surface area contributed by atoms with Gasteiger partial charge < -0.3 is 20.1 Å². The van der Waals surface area contributed by atoms with Crippen molar-refractivity contribution in [2.75, 3.05) is 20.2 Å². The number of halogens is 6. The van der Waals surface area contributed by atoms with Crippen molar-refractivity contribution in [3.63, 3.8) is 0 Å². The molecule has 11 heteroatoms. The van der Waals surface area contributed by atoms with Crippen molar-refractivity contribution in [3.8, 4) is 5.75 Å². The first kappa shape index (κ1) is 23.1. The number of carbonyl (C=O) groups is 1. The molecular weight excluding hydrogens is 406 g/mol. The van der Waals surface area contributed by atoms with Gasteiger partial charge in [0.2, 0.25) is 0 Å². The van der Waals surface area contributed by atoms with Crippen LogP contribution in [0.15, 0.2) is 24.3 Å². The Balaban J connectivity index is 2.32. The highest BCUT2D eigenvalue weighted by atomic mass is 19.4. The van der Waals surface area contributed by atoms with E-state index >= 15 is 0 Å². The molecule has 1 aliphatic heterocycles. The van der Waals surface area contributed by atoms with Crippen LogP contribution in [0.5, 0.6) is 5.75 Å². The minimum atomic E-state index is -5.56. The van der Waals surface area contributed by atoms with E-state index in [2.05, 4.69) is 5.32 Å². The number of piperidine rings is 1. The zero-order chi connectivity index (χ0) is 22.0. The fraction of sp³-hybridized carbons (Fsp3) is 0.611. The quantitative estimate of drug-likeness (QED) is 0.688. The Hall–Kier alpha value is -2.17. The molecule has 0 aromatic heterocycles. The molecule has 164 valence electrons. The van der Waals surface area contributed by atoms with E-state index in [-0.39, 0.29) is 19.5 Å². The van der Waals surface area contributed by atoms with Gasteiger partial charge in [-0.05, 0) is 31.0 Å². The Kier molecular flexibility index (Phi) is 6.61. The molecule has 2 atom stereocenters. The molecule has 2 unspecified atom stereocenters. The Morgan fingerprint density at radius 1 is 1.24 bits per heavy atom. The summed E-state index contributed by atoms with van der Waals surface area (Å²) in [4.78, 5) is 11.8. The fourth-order valence-corrected chi connectivity index (χ4v) is 3.64. The van der Waals surface area contributed by atoms with Crippen molar-refractivity contribution in [3.05, 3.63) is 29.8 Å². The van der Waals surface area contributed by atoms with Gasteiger partial charge >= 0.3 is 18.4 Å². The highest BCUT2D eigenvalue weighted by Crippen LogP contribution is 2.49. The van der Waals surface area contributed by atoms with Crippen molar-refractivity contribution < 1.29 is 41.0 Å². The van der Waals surface area contributed by atoms with Crippen molar-refractivity contribution in [1.29, 1.82) is 0 Å². The maximum absolute atomic E-state index is 13.4. The number of nitrogens with one attached hydrogen (secondary N) is 1. The molecule has 2 N–H and O–H groups in total. The van der Waals surface area contributed by atoms with Gasteiger partial charge in [0.05, 0.1) is 7.11 Å². The van der Waals surface area contributed by atoms with Crippen LogP contribution in [0.4, 0.5) is 31.1 Å². The van der Waals surface area contributed by atoms with E-state index in [0.717, 1.165) is 0 Å². The molecule has 5 nitrogen and oxygen atoms in total. The van der Waals surface area contributed by atoms with Gasteiger partial charge in [-0.15, -0.1) is 0 Å². The smallest absolute Gasteiger partial charge is 0.407 e. The molecule has 1 aromatic rings. The van der Waals surface area contributed by atoms with Gasteiger partial charge in [-0.2, -0.15) is 26.3 Å². The number of alkyl halides is 6. The maximum Gasteiger partial charge on any atom is 0.407 e. The van der Waals surface area contributed by atoms with Crippen LogP contribution in [0.2, 0.25) is 0 Å². The number of amides is 1. The second kappa shape index (κ2) is 8.29. The molecule has 1 saturated heterocycles. The summed E-state index contributed by atoms with van der Waals surface area (Å²) in [6.07, 6.45) is -12.9. The number of rotatable bonds is 5. The minimum Gasteiger partial charge on any atom is -0.497 e. The molecule has 0 radical (unpaired) electrons. The monoisotopic (exact) mass is 428 g/mol. The minimum absolute atomic E-state index is 0.0203. The van der Waals surface area contributed by atoms with Crippen LogP contribution in [0.3, 0.4) is 0 Å². The van der Waals surface area contributed by atoms with Crippen molar-refractivity contribution in [1.82, 2.24) is 10.2 Å². The molecule has 0 bridgehead atoms. The molecule has 1 aromatic carbocycles. The van der Waals surface area contributed by atoms with E-state index < -0.39 is 42.4 Å². The van der Waals surface area contributed by atoms with Gasteiger partial charge in [0.15, 0.2) is 5.92 Å². The van der Waals surface area contributed by atoms with E-state index in [1.165, 1.54) is 14.0 Å². The summed E-state index contributed by atoms with van der Waals surface area (Å²) in [6, 6.07) is 6.53. The van der Waals surface area contributed by atoms with Crippen LogP contribution in [0.1, 0.15) is 18.9 Å². The maximum atomic E-state index is 13.4. The molecule has 1 heterocycles. The van der Waals surface area contributed by atoms with Crippen molar-refractivity contribution in [2.45, 2.75) is 37.8 Å². The Labute approximate surface area is 163 Å². The highest BCUT2D eigenvalue weighted by Gasteiger charge is 2.64. The van der Waals surface area contributed by atoms with Crippen molar-refractivity contribution in [2.24, 2.45) is 11.8 Å².